The van der Waals surface area contributed by atoms with Gasteiger partial charge in [0.1, 0.15) is 5.82 Å². The van der Waals surface area contributed by atoms with Crippen LogP contribution in [0.2, 0.25) is 0 Å². The van der Waals surface area contributed by atoms with Crippen molar-refractivity contribution in [1.82, 2.24) is 4.98 Å². The Morgan fingerprint density at radius 3 is 2.47 bits per heavy atom. The number of benzene rings is 1. The molecule has 0 spiro atoms. The number of hydrogen-bond acceptors (Lipinski definition) is 2. The summed E-state index contributed by atoms with van der Waals surface area (Å²) >= 11 is 0. The molecule has 1 aromatic heterocycles. The molecule has 1 atom stereocenters. The van der Waals surface area contributed by atoms with Gasteiger partial charge in [-0.1, -0.05) is 35.9 Å². The molecule has 0 saturated heterocycles. The van der Waals surface area contributed by atoms with Crippen molar-refractivity contribution in [2.45, 2.75) is 19.9 Å². The Labute approximate surface area is 101 Å². The highest BCUT2D eigenvalue weighted by molar-refractivity contribution is 5.38. The third-order valence-electron chi connectivity index (χ3n) is 2.66. The van der Waals surface area contributed by atoms with Crippen LogP contribution in [0.3, 0.4) is 0 Å². The number of anilines is 1. The normalized spacial score (nSPS) is 12.2. The average Bonchev–Trinajstić information content (AvgIpc) is 2.29. The van der Waals surface area contributed by atoms with E-state index in [0.717, 1.165) is 5.56 Å². The van der Waals surface area contributed by atoms with Crippen LogP contribution in [0.1, 0.15) is 24.1 Å². The second-order valence-electron chi connectivity index (χ2n) is 4.12. The molecule has 2 aromatic rings. The minimum absolute atomic E-state index is 0.102. The third kappa shape index (κ3) is 3.03. The van der Waals surface area contributed by atoms with Crippen LogP contribution in [0, 0.1) is 12.9 Å². The number of nitrogens with one attached hydrogen (secondary N) is 1. The molecule has 1 N–H and O–H groups in total. The van der Waals surface area contributed by atoms with Crippen LogP contribution in [0.15, 0.2) is 42.5 Å². The molecule has 0 amide bonds. The van der Waals surface area contributed by atoms with Gasteiger partial charge in [-0.3, -0.25) is 0 Å². The van der Waals surface area contributed by atoms with Crippen molar-refractivity contribution < 1.29 is 4.39 Å². The largest absolute Gasteiger partial charge is 0.363 e. The zero-order valence-electron chi connectivity index (χ0n) is 9.94. The van der Waals surface area contributed by atoms with E-state index < -0.39 is 5.95 Å². The highest BCUT2D eigenvalue weighted by Gasteiger charge is 2.05. The van der Waals surface area contributed by atoms with Crippen molar-refractivity contribution >= 4 is 5.82 Å². The Balaban J connectivity index is 2.11. The molecule has 0 aliphatic heterocycles. The lowest BCUT2D eigenvalue weighted by Gasteiger charge is -2.15. The molecule has 0 fully saturated rings. The topological polar surface area (TPSA) is 24.9 Å². The lowest BCUT2D eigenvalue weighted by atomic mass is 10.1. The minimum Gasteiger partial charge on any atom is -0.363 e. The first-order chi connectivity index (χ1) is 8.15. The van der Waals surface area contributed by atoms with Gasteiger partial charge in [0.05, 0.1) is 0 Å². The molecule has 1 heterocycles. The molecule has 0 aliphatic carbocycles. The summed E-state index contributed by atoms with van der Waals surface area (Å²) in [7, 11) is 0. The molecule has 2 nitrogen and oxygen atoms in total. The molecular formula is C14H15FN2. The van der Waals surface area contributed by atoms with Gasteiger partial charge in [-0.15, -0.1) is 0 Å². The summed E-state index contributed by atoms with van der Waals surface area (Å²) in [5.74, 6) is 0.0872. The molecule has 88 valence electrons. The summed E-state index contributed by atoms with van der Waals surface area (Å²) in [6, 6.07) is 13.1. The molecule has 0 aliphatic rings. The number of nitrogens with zero attached hydrogens (tertiary/aromatic N) is 1. The fraction of sp³-hybridized carbons (Fsp3) is 0.214. The molecule has 1 aromatic carbocycles. The van der Waals surface area contributed by atoms with E-state index in [2.05, 4.69) is 41.5 Å². The fourth-order valence-electron chi connectivity index (χ4n) is 1.65. The van der Waals surface area contributed by atoms with Gasteiger partial charge in [-0.25, -0.2) is 4.98 Å². The smallest absolute Gasteiger partial charge is 0.214 e. The van der Waals surface area contributed by atoms with Crippen LogP contribution < -0.4 is 5.32 Å². The molecule has 17 heavy (non-hydrogen) atoms. The third-order valence-corrected chi connectivity index (χ3v) is 2.66. The maximum Gasteiger partial charge on any atom is 0.214 e. The predicted molar refractivity (Wildman–Crippen MR) is 67.4 cm³/mol. The van der Waals surface area contributed by atoms with Gasteiger partial charge in [0, 0.05) is 6.04 Å². The van der Waals surface area contributed by atoms with Crippen molar-refractivity contribution in [3.63, 3.8) is 0 Å². The average molecular weight is 230 g/mol. The van der Waals surface area contributed by atoms with Gasteiger partial charge in [-0.2, -0.15) is 4.39 Å². The second kappa shape index (κ2) is 4.95. The second-order valence-corrected chi connectivity index (χ2v) is 4.12. The zero-order valence-corrected chi connectivity index (χ0v) is 9.94. The van der Waals surface area contributed by atoms with Gasteiger partial charge in [-0.05, 0) is 31.5 Å². The van der Waals surface area contributed by atoms with Crippen LogP contribution >= 0.6 is 0 Å². The van der Waals surface area contributed by atoms with Crippen molar-refractivity contribution in [2.75, 3.05) is 5.32 Å². The Hall–Kier alpha value is -1.90. The van der Waals surface area contributed by atoms with Crippen LogP contribution in [0.4, 0.5) is 10.2 Å². The van der Waals surface area contributed by atoms with Crippen molar-refractivity contribution in [3.8, 4) is 0 Å². The van der Waals surface area contributed by atoms with E-state index in [4.69, 9.17) is 0 Å². The Kier molecular flexibility index (Phi) is 3.38. The number of aryl methyl sites for hydroxylation is 1. The molecule has 0 saturated carbocycles. The molecule has 3 heteroatoms. The van der Waals surface area contributed by atoms with Crippen LogP contribution in [-0.2, 0) is 0 Å². The fourth-order valence-corrected chi connectivity index (χ4v) is 1.65. The quantitative estimate of drug-likeness (QED) is 0.813. The minimum atomic E-state index is -0.467. The SMILES string of the molecule is Cc1ccc(C(C)Nc2cccc(F)n2)cc1. The summed E-state index contributed by atoms with van der Waals surface area (Å²) in [5.41, 5.74) is 2.38. The van der Waals surface area contributed by atoms with Crippen LogP contribution in [-0.4, -0.2) is 4.98 Å². The van der Waals surface area contributed by atoms with Crippen molar-refractivity contribution in [2.24, 2.45) is 0 Å². The Morgan fingerprint density at radius 2 is 1.82 bits per heavy atom. The monoisotopic (exact) mass is 230 g/mol. The number of rotatable bonds is 3. The van der Waals surface area contributed by atoms with E-state index in [1.54, 1.807) is 12.1 Å². The van der Waals surface area contributed by atoms with E-state index >= 15 is 0 Å². The Morgan fingerprint density at radius 1 is 1.12 bits per heavy atom. The summed E-state index contributed by atoms with van der Waals surface area (Å²) in [6.45, 7) is 4.08. The summed E-state index contributed by atoms with van der Waals surface area (Å²) in [4.78, 5) is 3.78. The number of aromatic nitrogens is 1. The van der Waals surface area contributed by atoms with Gasteiger partial charge in [0.25, 0.3) is 0 Å². The Bertz CT molecular complexity index is 494. The highest BCUT2D eigenvalue weighted by Crippen LogP contribution is 2.18. The summed E-state index contributed by atoms with van der Waals surface area (Å²) < 4.78 is 12.9. The maximum absolute atomic E-state index is 12.9. The van der Waals surface area contributed by atoms with Crippen molar-refractivity contribution in [3.05, 3.63) is 59.5 Å². The van der Waals surface area contributed by atoms with Gasteiger partial charge in [0.2, 0.25) is 5.95 Å². The molecule has 1 unspecified atom stereocenters. The first-order valence-electron chi connectivity index (χ1n) is 5.61. The van der Waals surface area contributed by atoms with Gasteiger partial charge in [0.15, 0.2) is 0 Å². The predicted octanol–water partition coefficient (Wildman–Crippen LogP) is 3.70. The number of halogens is 1. The lowest BCUT2D eigenvalue weighted by molar-refractivity contribution is 0.584. The molecule has 2 rings (SSSR count). The van der Waals surface area contributed by atoms with Crippen molar-refractivity contribution in [1.29, 1.82) is 0 Å². The molecule has 0 radical (unpaired) electrons. The highest BCUT2D eigenvalue weighted by atomic mass is 19.1. The molecular weight excluding hydrogens is 215 g/mol. The first kappa shape index (κ1) is 11.6. The van der Waals surface area contributed by atoms with E-state index in [0.29, 0.717) is 5.82 Å². The van der Waals surface area contributed by atoms with Crippen LogP contribution in [0.25, 0.3) is 0 Å². The van der Waals surface area contributed by atoms with Gasteiger partial charge >= 0.3 is 0 Å². The van der Waals surface area contributed by atoms with Crippen LogP contribution in [0.5, 0.6) is 0 Å². The number of hydrogen-bond donors (Lipinski definition) is 1. The standard InChI is InChI=1S/C14H15FN2/c1-10-6-8-12(9-7-10)11(2)16-14-5-3-4-13(15)17-14/h3-9,11H,1-2H3,(H,16,17). The van der Waals surface area contributed by atoms with E-state index in [1.807, 2.05) is 6.92 Å². The summed E-state index contributed by atoms with van der Waals surface area (Å²) in [5, 5.41) is 3.17. The van der Waals surface area contributed by atoms with Gasteiger partial charge < -0.3 is 5.32 Å². The number of pyridine rings is 1. The zero-order chi connectivity index (χ0) is 12.3. The summed E-state index contributed by atoms with van der Waals surface area (Å²) in [6.07, 6.45) is 0. The maximum atomic E-state index is 12.9. The molecule has 0 bridgehead atoms. The van der Waals surface area contributed by atoms with E-state index in [-0.39, 0.29) is 6.04 Å². The lowest BCUT2D eigenvalue weighted by Crippen LogP contribution is -2.08. The first-order valence-corrected chi connectivity index (χ1v) is 5.61. The van der Waals surface area contributed by atoms with E-state index in [1.165, 1.54) is 11.6 Å². The van der Waals surface area contributed by atoms with E-state index in [9.17, 15) is 4.39 Å².